The number of ether oxygens (including phenoxy) is 2. The number of piperidine rings is 1. The standard InChI is InChI=1S/C29H36N8O3S.C20H36N6O/c1-19-8-7-11-22-26(19)27(32-29(31-22)34-41(2,38)39)36-13-6-5-12-24(36)23-18-25-30-21-10-4-3-9-20(21)28(37(25)33-23)35-14-16-40-17-15-35;1-2-3-4-5-6-7-8-9-10-11-14-27-18-13-12-16(25-19(21)22)15-17(18)26-20(23)24/h7-8,11,18,24H,3-6,9-10,12-17H2,1-2H3,(H,31,32,34);12-13,15H,2-11,14H2,1H3,(H4,21,22,25)(H4,23,24,26). The van der Waals surface area contributed by atoms with Crippen molar-refractivity contribution < 1.29 is 17.9 Å². The third kappa shape index (κ3) is 13.4. The predicted molar refractivity (Wildman–Crippen MR) is 274 cm³/mol. The molecule has 68 heavy (non-hydrogen) atoms. The van der Waals surface area contributed by atoms with Gasteiger partial charge in [-0.25, -0.2) is 18.4 Å². The Bertz CT molecular complexity index is 2620. The van der Waals surface area contributed by atoms with Crippen molar-refractivity contribution in [3.63, 3.8) is 0 Å². The molecular formula is C49H72N14O4S. The van der Waals surface area contributed by atoms with Crippen LogP contribution < -0.4 is 41.4 Å². The molecule has 3 aliphatic rings. The average Bonchev–Trinajstić information content (AvgIpc) is 3.73. The summed E-state index contributed by atoms with van der Waals surface area (Å²) in [6.45, 7) is 8.84. The zero-order chi connectivity index (χ0) is 48.0. The Morgan fingerprint density at radius 1 is 0.853 bits per heavy atom. The van der Waals surface area contributed by atoms with Crippen LogP contribution in [0.1, 0.15) is 132 Å². The van der Waals surface area contributed by atoms with Gasteiger partial charge in [0, 0.05) is 48.0 Å². The molecule has 0 spiro atoms. The molecule has 0 radical (unpaired) electrons. The minimum atomic E-state index is -3.54. The number of unbranched alkanes of at least 4 members (excludes halogenated alkanes) is 9. The van der Waals surface area contributed by atoms with E-state index in [1.165, 1.54) is 81.3 Å². The van der Waals surface area contributed by atoms with Crippen LogP contribution in [-0.4, -0.2) is 90.6 Å². The molecule has 19 heteroatoms. The summed E-state index contributed by atoms with van der Waals surface area (Å²) in [5.41, 5.74) is 18.1. The Morgan fingerprint density at radius 2 is 1.57 bits per heavy atom. The molecule has 368 valence electrons. The van der Waals surface area contributed by atoms with Crippen molar-refractivity contribution in [3.05, 3.63) is 65.0 Å². The number of nitrogens with one attached hydrogen (secondary N) is 5. The molecule has 5 aromatic rings. The van der Waals surface area contributed by atoms with Crippen LogP contribution in [0.15, 0.2) is 42.5 Å². The lowest BCUT2D eigenvalue weighted by Crippen LogP contribution is -2.38. The first-order valence-corrected chi connectivity index (χ1v) is 26.5. The van der Waals surface area contributed by atoms with Gasteiger partial charge in [0.05, 0.1) is 49.0 Å². The molecule has 3 aromatic heterocycles. The lowest BCUT2D eigenvalue weighted by Gasteiger charge is -2.36. The van der Waals surface area contributed by atoms with Gasteiger partial charge in [0.25, 0.3) is 0 Å². The van der Waals surface area contributed by atoms with Gasteiger partial charge in [0.15, 0.2) is 17.6 Å². The SMILES string of the molecule is CCCCCCCCCCCCOc1ccc(NC(=N)N)cc1NC(=N)N.Cc1cccc2nc(NS(C)(=O)=O)nc(N3CCCCC3c3cc4nc5c(c(N6CCOCC6)n4n3)CCCC5)c12. The van der Waals surface area contributed by atoms with Crippen molar-refractivity contribution in [3.8, 4) is 5.75 Å². The second-order valence-corrected chi connectivity index (χ2v) is 20.0. The second-order valence-electron chi connectivity index (χ2n) is 18.2. The highest BCUT2D eigenvalue weighted by Crippen LogP contribution is 2.40. The molecule has 1 unspecified atom stereocenters. The van der Waals surface area contributed by atoms with E-state index in [1.807, 2.05) is 25.1 Å². The molecule has 0 saturated carbocycles. The number of aryl methyl sites for hydroxylation is 2. The molecule has 2 saturated heterocycles. The predicted octanol–water partition coefficient (Wildman–Crippen LogP) is 8.40. The molecular weight excluding hydrogens is 881 g/mol. The van der Waals surface area contributed by atoms with Crippen LogP contribution in [0.2, 0.25) is 0 Å². The first-order valence-electron chi connectivity index (χ1n) is 24.6. The van der Waals surface area contributed by atoms with Crippen LogP contribution in [0, 0.1) is 17.7 Å². The van der Waals surface area contributed by atoms with E-state index in [4.69, 9.17) is 46.8 Å². The van der Waals surface area contributed by atoms with Crippen molar-refractivity contribution in [1.82, 2.24) is 24.6 Å². The average molecular weight is 953 g/mol. The Hall–Kier alpha value is -5.95. The van der Waals surface area contributed by atoms with E-state index in [2.05, 4.69) is 47.6 Å². The fraction of sp³-hybridized carbons (Fsp3) is 0.551. The summed E-state index contributed by atoms with van der Waals surface area (Å²) in [5, 5.41) is 26.4. The number of nitrogens with two attached hydrogens (primary N) is 2. The number of nitrogens with zero attached hydrogens (tertiary/aromatic N) is 7. The summed E-state index contributed by atoms with van der Waals surface area (Å²) in [7, 11) is -3.54. The first-order chi connectivity index (χ1) is 32.9. The smallest absolute Gasteiger partial charge is 0.239 e. The summed E-state index contributed by atoms with van der Waals surface area (Å²) in [4.78, 5) is 19.2. The van der Waals surface area contributed by atoms with Gasteiger partial charge >= 0.3 is 0 Å². The van der Waals surface area contributed by atoms with E-state index in [-0.39, 0.29) is 23.9 Å². The van der Waals surface area contributed by atoms with Crippen LogP contribution in [0.4, 0.5) is 29.0 Å². The van der Waals surface area contributed by atoms with E-state index in [9.17, 15) is 8.42 Å². The molecule has 9 N–H and O–H groups in total. The van der Waals surface area contributed by atoms with Gasteiger partial charge in [-0.15, -0.1) is 0 Å². The van der Waals surface area contributed by atoms with Crippen LogP contribution in [0.3, 0.4) is 0 Å². The number of hydrogen-bond donors (Lipinski definition) is 7. The summed E-state index contributed by atoms with van der Waals surface area (Å²) < 4.78 is 40.3. The largest absolute Gasteiger partial charge is 0.491 e. The molecule has 2 fully saturated rings. The highest BCUT2D eigenvalue weighted by Gasteiger charge is 2.32. The number of fused-ring (bicyclic) bond motifs is 3. The van der Waals surface area contributed by atoms with Gasteiger partial charge in [0.2, 0.25) is 16.0 Å². The fourth-order valence-corrected chi connectivity index (χ4v) is 9.98. The monoisotopic (exact) mass is 953 g/mol. The van der Waals surface area contributed by atoms with Gasteiger partial charge in [-0.05, 0) is 88.1 Å². The number of guanidine groups is 2. The van der Waals surface area contributed by atoms with Crippen molar-refractivity contribution in [2.45, 2.75) is 129 Å². The molecule has 2 aromatic carbocycles. The number of aromatic nitrogens is 5. The Morgan fingerprint density at radius 3 is 2.29 bits per heavy atom. The van der Waals surface area contributed by atoms with Crippen molar-refractivity contribution in [1.29, 1.82) is 10.8 Å². The molecule has 5 heterocycles. The zero-order valence-corrected chi connectivity index (χ0v) is 41.0. The summed E-state index contributed by atoms with van der Waals surface area (Å²) in [6, 6.07) is 13.3. The van der Waals surface area contributed by atoms with Crippen LogP contribution in [0.5, 0.6) is 5.75 Å². The van der Waals surface area contributed by atoms with E-state index < -0.39 is 10.0 Å². The molecule has 1 aliphatic carbocycles. The summed E-state index contributed by atoms with van der Waals surface area (Å²) in [5.74, 6) is 2.31. The summed E-state index contributed by atoms with van der Waals surface area (Å²) >= 11 is 0. The van der Waals surface area contributed by atoms with Gasteiger partial charge < -0.3 is 41.4 Å². The Balaban J connectivity index is 0.000000222. The molecule has 2 aliphatic heterocycles. The number of morpholine rings is 1. The van der Waals surface area contributed by atoms with Gasteiger partial charge in [0.1, 0.15) is 17.4 Å². The van der Waals surface area contributed by atoms with Gasteiger partial charge in [-0.1, -0.05) is 76.8 Å². The maximum absolute atomic E-state index is 12.1. The maximum Gasteiger partial charge on any atom is 0.239 e. The number of benzene rings is 2. The third-order valence-corrected chi connectivity index (χ3v) is 13.3. The normalized spacial score (nSPS) is 16.2. The van der Waals surface area contributed by atoms with Crippen LogP contribution in [0.25, 0.3) is 16.6 Å². The second kappa shape index (κ2) is 23.9. The van der Waals surface area contributed by atoms with Crippen LogP contribution in [-0.2, 0) is 27.6 Å². The molecule has 8 rings (SSSR count). The Kier molecular flexibility index (Phi) is 17.5. The van der Waals surface area contributed by atoms with Gasteiger partial charge in [-0.3, -0.25) is 15.5 Å². The Labute approximate surface area is 401 Å². The molecule has 0 bridgehead atoms. The van der Waals surface area contributed by atoms with E-state index in [1.54, 1.807) is 18.2 Å². The zero-order valence-electron chi connectivity index (χ0n) is 40.2. The van der Waals surface area contributed by atoms with E-state index in [0.29, 0.717) is 42.5 Å². The maximum atomic E-state index is 12.1. The number of rotatable bonds is 19. The summed E-state index contributed by atoms with van der Waals surface area (Å²) in [6.07, 6.45) is 21.3. The fourth-order valence-electron chi connectivity index (χ4n) is 9.55. The van der Waals surface area contributed by atoms with E-state index in [0.717, 1.165) is 98.9 Å². The lowest BCUT2D eigenvalue weighted by atomic mass is 9.96. The number of hydrogen-bond acceptors (Lipinski definition) is 12. The number of anilines is 5. The van der Waals surface area contributed by atoms with Crippen molar-refractivity contribution in [2.24, 2.45) is 11.5 Å². The topological polar surface area (TPSA) is 251 Å². The molecule has 18 nitrogen and oxygen atoms in total. The van der Waals surface area contributed by atoms with E-state index >= 15 is 0 Å². The minimum Gasteiger partial charge on any atom is -0.491 e. The van der Waals surface area contributed by atoms with Crippen LogP contribution >= 0.6 is 0 Å². The first kappa shape index (κ1) is 49.9. The third-order valence-electron chi connectivity index (χ3n) is 12.8. The highest BCUT2D eigenvalue weighted by atomic mass is 32.2. The van der Waals surface area contributed by atoms with Gasteiger partial charge in [-0.2, -0.15) is 14.6 Å². The molecule has 0 amide bonds. The van der Waals surface area contributed by atoms with Crippen molar-refractivity contribution in [2.75, 3.05) is 70.9 Å². The molecule has 1 atom stereocenters. The van der Waals surface area contributed by atoms with Crippen molar-refractivity contribution >= 4 is 67.5 Å². The quantitative estimate of drug-likeness (QED) is 0.0233. The number of sulfonamides is 1. The minimum absolute atomic E-state index is 0.0243. The lowest BCUT2D eigenvalue weighted by molar-refractivity contribution is 0.122. The highest BCUT2D eigenvalue weighted by molar-refractivity contribution is 7.92.